The molecule has 1 unspecified atom stereocenters. The van der Waals surface area contributed by atoms with E-state index in [0.717, 1.165) is 33.3 Å². The Hall–Kier alpha value is -2.84. The van der Waals surface area contributed by atoms with Crippen LogP contribution in [-0.4, -0.2) is 31.4 Å². The lowest BCUT2D eigenvalue weighted by Crippen LogP contribution is -2.19. The SMILES string of the molecule is C[C@@H](Nc1c(NC=O)nnc2cc(-c3ccc(CS(=O)O)cc3)ccc12)C1CC1. The predicted octanol–water partition coefficient (Wildman–Crippen LogP) is 3.80. The third-order valence-corrected chi connectivity index (χ3v) is 5.82. The normalized spacial score (nSPS) is 15.7. The molecule has 8 heteroatoms. The summed E-state index contributed by atoms with van der Waals surface area (Å²) < 4.78 is 20.0. The van der Waals surface area contributed by atoms with E-state index in [1.54, 1.807) is 0 Å². The quantitative estimate of drug-likeness (QED) is 0.385. The number of carbonyl (C=O) groups excluding carboxylic acids is 1. The van der Waals surface area contributed by atoms with Crippen LogP contribution in [0.3, 0.4) is 0 Å². The summed E-state index contributed by atoms with van der Waals surface area (Å²) in [5.41, 5.74) is 4.27. The molecule has 1 fully saturated rings. The summed E-state index contributed by atoms with van der Waals surface area (Å²) in [5.74, 6) is 1.19. The van der Waals surface area contributed by atoms with E-state index in [4.69, 9.17) is 4.55 Å². The summed E-state index contributed by atoms with van der Waals surface area (Å²) in [5, 5.41) is 15.5. The number of anilines is 2. The minimum Gasteiger partial charge on any atom is -0.379 e. The number of benzene rings is 2. The van der Waals surface area contributed by atoms with Crippen molar-refractivity contribution in [3.05, 3.63) is 48.0 Å². The highest BCUT2D eigenvalue weighted by Crippen LogP contribution is 2.37. The fourth-order valence-corrected chi connectivity index (χ4v) is 3.95. The number of amides is 1. The van der Waals surface area contributed by atoms with Crippen molar-refractivity contribution in [2.45, 2.75) is 31.6 Å². The van der Waals surface area contributed by atoms with Gasteiger partial charge in [0.25, 0.3) is 0 Å². The van der Waals surface area contributed by atoms with Crippen LogP contribution in [0.15, 0.2) is 42.5 Å². The molecule has 0 spiro atoms. The molecule has 7 nitrogen and oxygen atoms in total. The van der Waals surface area contributed by atoms with E-state index in [1.807, 2.05) is 42.5 Å². The van der Waals surface area contributed by atoms with Crippen LogP contribution in [0.4, 0.5) is 11.5 Å². The molecule has 0 aliphatic heterocycles. The first-order valence-corrected chi connectivity index (χ1v) is 10.8. The third kappa shape index (κ3) is 4.44. The largest absolute Gasteiger partial charge is 0.379 e. The fraction of sp³-hybridized carbons (Fsp3) is 0.286. The van der Waals surface area contributed by atoms with Crippen LogP contribution in [0.5, 0.6) is 0 Å². The van der Waals surface area contributed by atoms with Gasteiger partial charge in [-0.3, -0.25) is 4.79 Å². The molecule has 1 amide bonds. The van der Waals surface area contributed by atoms with Crippen molar-refractivity contribution >= 4 is 39.9 Å². The van der Waals surface area contributed by atoms with Gasteiger partial charge in [-0.15, -0.1) is 10.2 Å². The highest BCUT2D eigenvalue weighted by molar-refractivity contribution is 7.78. The van der Waals surface area contributed by atoms with Crippen molar-refractivity contribution < 1.29 is 13.6 Å². The molecule has 2 aromatic carbocycles. The zero-order chi connectivity index (χ0) is 20.4. The molecule has 3 N–H and O–H groups in total. The Morgan fingerprint density at radius 1 is 1.17 bits per heavy atom. The zero-order valence-electron chi connectivity index (χ0n) is 16.0. The monoisotopic (exact) mass is 410 g/mol. The van der Waals surface area contributed by atoms with Gasteiger partial charge in [0.05, 0.1) is 17.0 Å². The van der Waals surface area contributed by atoms with Crippen LogP contribution < -0.4 is 10.6 Å². The van der Waals surface area contributed by atoms with E-state index in [1.165, 1.54) is 12.8 Å². The molecule has 1 aliphatic carbocycles. The second-order valence-electron chi connectivity index (χ2n) is 7.35. The van der Waals surface area contributed by atoms with Crippen molar-refractivity contribution in [3.8, 4) is 11.1 Å². The first-order valence-electron chi connectivity index (χ1n) is 9.49. The minimum atomic E-state index is -1.85. The molecule has 0 radical (unpaired) electrons. The van der Waals surface area contributed by atoms with Crippen LogP contribution >= 0.6 is 0 Å². The summed E-state index contributed by atoms with van der Waals surface area (Å²) in [6.07, 6.45) is 3.04. The predicted molar refractivity (Wildman–Crippen MR) is 115 cm³/mol. The number of nitrogens with zero attached hydrogens (tertiary/aromatic N) is 2. The van der Waals surface area contributed by atoms with Gasteiger partial charge in [-0.1, -0.05) is 30.3 Å². The van der Waals surface area contributed by atoms with Crippen molar-refractivity contribution in [1.82, 2.24) is 10.2 Å². The molecular formula is C21H22N4O3S. The van der Waals surface area contributed by atoms with E-state index in [9.17, 15) is 9.00 Å². The lowest BCUT2D eigenvalue weighted by Gasteiger charge is -2.18. The summed E-state index contributed by atoms with van der Waals surface area (Å²) in [4.78, 5) is 11.0. The van der Waals surface area contributed by atoms with Crippen molar-refractivity contribution in [2.24, 2.45) is 5.92 Å². The number of aromatic nitrogens is 2. The maximum absolute atomic E-state index is 11.0. The van der Waals surface area contributed by atoms with Gasteiger partial charge < -0.3 is 15.2 Å². The lowest BCUT2D eigenvalue weighted by molar-refractivity contribution is -0.105. The molecule has 1 heterocycles. The van der Waals surface area contributed by atoms with Crippen molar-refractivity contribution in [2.75, 3.05) is 10.6 Å². The smallest absolute Gasteiger partial charge is 0.212 e. The molecule has 1 aromatic heterocycles. The summed E-state index contributed by atoms with van der Waals surface area (Å²) >= 11 is -1.85. The van der Waals surface area contributed by atoms with Gasteiger partial charge in [-0.05, 0) is 54.5 Å². The average molecular weight is 410 g/mol. The van der Waals surface area contributed by atoms with Gasteiger partial charge in [-0.2, -0.15) is 0 Å². The van der Waals surface area contributed by atoms with Crippen molar-refractivity contribution in [1.29, 1.82) is 0 Å². The van der Waals surface area contributed by atoms with Crippen LogP contribution in [0.25, 0.3) is 22.0 Å². The van der Waals surface area contributed by atoms with E-state index >= 15 is 0 Å². The highest BCUT2D eigenvalue weighted by Gasteiger charge is 2.29. The van der Waals surface area contributed by atoms with Gasteiger partial charge in [0, 0.05) is 11.4 Å². The van der Waals surface area contributed by atoms with Gasteiger partial charge in [0.15, 0.2) is 16.9 Å². The first-order chi connectivity index (χ1) is 14.0. The summed E-state index contributed by atoms with van der Waals surface area (Å²) in [6, 6.07) is 13.8. The number of hydrogen-bond donors (Lipinski definition) is 3. The Bertz CT molecular complexity index is 1070. The Morgan fingerprint density at radius 2 is 1.90 bits per heavy atom. The molecule has 2 atom stereocenters. The minimum absolute atomic E-state index is 0.115. The average Bonchev–Trinajstić information content (AvgIpc) is 3.55. The molecular weight excluding hydrogens is 388 g/mol. The summed E-state index contributed by atoms with van der Waals surface area (Å²) in [6.45, 7) is 2.14. The Labute approximate surface area is 171 Å². The molecule has 0 saturated heterocycles. The van der Waals surface area contributed by atoms with Crippen LogP contribution in [0, 0.1) is 5.92 Å². The van der Waals surface area contributed by atoms with E-state index in [-0.39, 0.29) is 5.75 Å². The molecule has 150 valence electrons. The Morgan fingerprint density at radius 3 is 2.55 bits per heavy atom. The maximum atomic E-state index is 11.0. The topological polar surface area (TPSA) is 104 Å². The van der Waals surface area contributed by atoms with Gasteiger partial charge in [0.2, 0.25) is 6.41 Å². The first kappa shape index (κ1) is 19.5. The number of hydrogen-bond acceptors (Lipinski definition) is 5. The standard InChI is InChI=1S/C21H22N4O3S/c1-13(15-6-7-15)23-20-18-9-8-17(10-19(18)24-25-21(20)22-12-26)16-4-2-14(3-5-16)11-29(27)28/h2-5,8-10,12-13,15H,6-7,11H2,1H3,(H,23,24)(H,27,28)(H,22,25,26)/t13-/m1/s1. The zero-order valence-corrected chi connectivity index (χ0v) is 16.8. The maximum Gasteiger partial charge on any atom is 0.212 e. The van der Waals surface area contributed by atoms with Crippen LogP contribution in [-0.2, 0) is 21.6 Å². The van der Waals surface area contributed by atoms with Gasteiger partial charge >= 0.3 is 0 Å². The number of nitrogens with one attached hydrogen (secondary N) is 2. The van der Waals surface area contributed by atoms with Gasteiger partial charge in [-0.25, -0.2) is 4.21 Å². The molecule has 4 rings (SSSR count). The Balaban J connectivity index is 1.69. The second-order valence-corrected chi connectivity index (χ2v) is 8.28. The summed E-state index contributed by atoms with van der Waals surface area (Å²) in [7, 11) is 0. The number of fused-ring (bicyclic) bond motifs is 1. The van der Waals surface area contributed by atoms with E-state index in [2.05, 4.69) is 27.8 Å². The van der Waals surface area contributed by atoms with E-state index < -0.39 is 11.1 Å². The molecule has 29 heavy (non-hydrogen) atoms. The highest BCUT2D eigenvalue weighted by atomic mass is 32.2. The van der Waals surface area contributed by atoms with E-state index in [0.29, 0.717) is 24.2 Å². The fourth-order valence-electron chi connectivity index (χ4n) is 3.47. The van der Waals surface area contributed by atoms with Gasteiger partial charge in [0.1, 0.15) is 0 Å². The molecule has 1 aliphatic rings. The number of rotatable bonds is 8. The number of carbonyl (C=O) groups is 1. The van der Waals surface area contributed by atoms with Crippen LogP contribution in [0.1, 0.15) is 25.3 Å². The molecule has 3 aromatic rings. The Kier molecular flexibility index (Phi) is 5.55. The van der Waals surface area contributed by atoms with Crippen molar-refractivity contribution in [3.63, 3.8) is 0 Å². The third-order valence-electron chi connectivity index (χ3n) is 5.24. The lowest BCUT2D eigenvalue weighted by atomic mass is 10.0. The second kappa shape index (κ2) is 8.26. The van der Waals surface area contributed by atoms with Crippen LogP contribution in [0.2, 0.25) is 0 Å². The molecule has 1 saturated carbocycles. The molecule has 0 bridgehead atoms.